The van der Waals surface area contributed by atoms with Crippen molar-refractivity contribution in [3.8, 4) is 0 Å². The molecule has 0 spiro atoms. The Labute approximate surface area is 175 Å². The normalized spacial score (nSPS) is 22.2. The number of hydrogen-bond donors (Lipinski definition) is 3. The summed E-state index contributed by atoms with van der Waals surface area (Å²) in [5.74, 6) is -1.24. The average Bonchev–Trinajstić information content (AvgIpc) is 3.39. The van der Waals surface area contributed by atoms with Crippen molar-refractivity contribution in [2.24, 2.45) is 11.7 Å². The van der Waals surface area contributed by atoms with Gasteiger partial charge >= 0.3 is 5.97 Å². The molecule has 1 saturated carbocycles. The molecule has 1 saturated heterocycles. The van der Waals surface area contributed by atoms with Crippen molar-refractivity contribution in [2.75, 3.05) is 6.54 Å². The third-order valence-electron chi connectivity index (χ3n) is 6.10. The smallest absolute Gasteiger partial charge is 0.326 e. The van der Waals surface area contributed by atoms with Gasteiger partial charge in [0.05, 0.1) is 6.04 Å². The van der Waals surface area contributed by atoms with Crippen LogP contribution >= 0.6 is 11.3 Å². The molecule has 3 atom stereocenters. The van der Waals surface area contributed by atoms with Crippen LogP contribution in [0.5, 0.6) is 0 Å². The predicted molar refractivity (Wildman–Crippen MR) is 111 cm³/mol. The molecule has 0 radical (unpaired) electrons. The fraction of sp³-hybridized carbons (Fsp3) is 0.667. The van der Waals surface area contributed by atoms with Gasteiger partial charge < -0.3 is 21.1 Å². The second-order valence-corrected chi connectivity index (χ2v) is 9.05. The lowest BCUT2D eigenvalue weighted by Gasteiger charge is -2.31. The minimum absolute atomic E-state index is 0.281. The molecule has 1 aliphatic carbocycles. The van der Waals surface area contributed by atoms with Gasteiger partial charge in [0.2, 0.25) is 11.8 Å². The molecule has 2 fully saturated rings. The Hall–Kier alpha value is -1.93. The summed E-state index contributed by atoms with van der Waals surface area (Å²) in [6.07, 6.45) is 7.68. The molecular formula is C21H31N3O4S. The zero-order valence-electron chi connectivity index (χ0n) is 16.7. The van der Waals surface area contributed by atoms with Gasteiger partial charge in [-0.2, -0.15) is 11.3 Å². The average molecular weight is 422 g/mol. The van der Waals surface area contributed by atoms with Gasteiger partial charge in [-0.05, 0) is 54.0 Å². The van der Waals surface area contributed by atoms with Crippen LogP contribution in [0.4, 0.5) is 0 Å². The fourth-order valence-electron chi connectivity index (χ4n) is 4.50. The highest BCUT2D eigenvalue weighted by Gasteiger charge is 2.38. The summed E-state index contributed by atoms with van der Waals surface area (Å²) in [5.41, 5.74) is 7.09. The Morgan fingerprint density at radius 2 is 1.97 bits per heavy atom. The van der Waals surface area contributed by atoms with Crippen molar-refractivity contribution in [3.05, 3.63) is 22.4 Å². The van der Waals surface area contributed by atoms with Gasteiger partial charge in [-0.25, -0.2) is 4.79 Å². The molecule has 0 bridgehead atoms. The first-order valence-electron chi connectivity index (χ1n) is 10.6. The third kappa shape index (κ3) is 5.79. The van der Waals surface area contributed by atoms with Gasteiger partial charge in [-0.3, -0.25) is 9.59 Å². The van der Waals surface area contributed by atoms with Crippen LogP contribution in [0.1, 0.15) is 56.9 Å². The van der Waals surface area contributed by atoms with E-state index in [1.165, 1.54) is 11.3 Å². The maximum atomic E-state index is 13.2. The number of carbonyl (C=O) groups excluding carboxylic acids is 2. The minimum atomic E-state index is -0.979. The van der Waals surface area contributed by atoms with Crippen molar-refractivity contribution < 1.29 is 19.5 Å². The van der Waals surface area contributed by atoms with E-state index in [1.807, 2.05) is 16.8 Å². The summed E-state index contributed by atoms with van der Waals surface area (Å²) >= 11 is 1.55. The van der Waals surface area contributed by atoms with Crippen molar-refractivity contribution in [3.63, 3.8) is 0 Å². The van der Waals surface area contributed by atoms with Crippen molar-refractivity contribution in [2.45, 2.75) is 75.9 Å². The molecule has 2 heterocycles. The Balaban J connectivity index is 1.68. The van der Waals surface area contributed by atoms with E-state index in [0.717, 1.165) is 31.2 Å². The van der Waals surface area contributed by atoms with Crippen molar-refractivity contribution >= 4 is 29.1 Å². The Kier molecular flexibility index (Phi) is 7.66. The Bertz CT molecular complexity index is 703. The second kappa shape index (κ2) is 10.2. The summed E-state index contributed by atoms with van der Waals surface area (Å²) < 4.78 is 0. The number of carboxylic acids is 1. The molecule has 8 heteroatoms. The maximum absolute atomic E-state index is 13.2. The van der Waals surface area contributed by atoms with Crippen LogP contribution in [0.15, 0.2) is 16.8 Å². The summed E-state index contributed by atoms with van der Waals surface area (Å²) in [5, 5.41) is 16.2. The number of nitrogens with two attached hydrogens (primary N) is 1. The molecule has 160 valence electrons. The molecule has 0 aromatic carbocycles. The summed E-state index contributed by atoms with van der Waals surface area (Å²) in [4.78, 5) is 38.9. The molecule has 2 aliphatic rings. The number of carboxylic acid groups (broad SMARTS) is 1. The van der Waals surface area contributed by atoms with Gasteiger partial charge in [-0.15, -0.1) is 0 Å². The molecule has 3 rings (SSSR count). The molecular weight excluding hydrogens is 390 g/mol. The topological polar surface area (TPSA) is 113 Å². The molecule has 0 unspecified atom stereocenters. The lowest BCUT2D eigenvalue weighted by Crippen LogP contribution is -2.55. The zero-order valence-corrected chi connectivity index (χ0v) is 17.5. The molecule has 4 N–H and O–H groups in total. The van der Waals surface area contributed by atoms with E-state index >= 15 is 0 Å². The highest BCUT2D eigenvalue weighted by Crippen LogP contribution is 2.29. The molecule has 7 nitrogen and oxygen atoms in total. The van der Waals surface area contributed by atoms with Crippen LogP contribution in [0, 0.1) is 5.92 Å². The van der Waals surface area contributed by atoms with Crippen molar-refractivity contribution in [1.29, 1.82) is 0 Å². The molecule has 1 aliphatic heterocycles. The van der Waals surface area contributed by atoms with E-state index in [-0.39, 0.29) is 11.8 Å². The fourth-order valence-corrected chi connectivity index (χ4v) is 5.18. The van der Waals surface area contributed by atoms with Crippen LogP contribution in [-0.2, 0) is 20.8 Å². The highest BCUT2D eigenvalue weighted by molar-refractivity contribution is 7.07. The van der Waals surface area contributed by atoms with Crippen LogP contribution in [0.3, 0.4) is 0 Å². The third-order valence-corrected chi connectivity index (χ3v) is 6.83. The van der Waals surface area contributed by atoms with E-state index in [1.54, 1.807) is 11.3 Å². The number of thiophene rings is 1. The summed E-state index contributed by atoms with van der Waals surface area (Å²) in [6, 6.07) is -0.309. The summed E-state index contributed by atoms with van der Waals surface area (Å²) in [6.45, 7) is 0.424. The first kappa shape index (κ1) is 21.8. The lowest BCUT2D eigenvalue weighted by atomic mass is 9.84. The number of hydrogen-bond acceptors (Lipinski definition) is 5. The van der Waals surface area contributed by atoms with Gasteiger partial charge in [0, 0.05) is 6.54 Å². The molecule has 2 amide bonds. The van der Waals surface area contributed by atoms with Crippen LogP contribution in [-0.4, -0.2) is 52.5 Å². The molecule has 1 aromatic rings. The van der Waals surface area contributed by atoms with Gasteiger partial charge in [0.1, 0.15) is 12.1 Å². The number of likely N-dealkylation sites (tertiary alicyclic amines) is 1. The van der Waals surface area contributed by atoms with Gasteiger partial charge in [-0.1, -0.05) is 32.1 Å². The molecule has 1 aromatic heterocycles. The Morgan fingerprint density at radius 1 is 1.21 bits per heavy atom. The van der Waals surface area contributed by atoms with Crippen LogP contribution < -0.4 is 11.1 Å². The van der Waals surface area contributed by atoms with E-state index in [9.17, 15) is 19.5 Å². The van der Waals surface area contributed by atoms with E-state index in [4.69, 9.17) is 5.73 Å². The maximum Gasteiger partial charge on any atom is 0.326 e. The Morgan fingerprint density at radius 3 is 2.62 bits per heavy atom. The predicted octanol–water partition coefficient (Wildman–Crippen LogP) is 2.15. The monoisotopic (exact) mass is 421 g/mol. The van der Waals surface area contributed by atoms with Crippen LogP contribution in [0.2, 0.25) is 0 Å². The first-order chi connectivity index (χ1) is 14.0. The standard InChI is InChI=1S/C21H31N3O4S/c22-16(11-15-8-10-29-13-15)19(25)23-17(12-14-5-2-1-3-6-14)20(26)24-9-4-7-18(24)21(27)28/h8,10,13-14,16-18H,1-7,9,11-12,22H2,(H,23,25)(H,27,28)/t16-,17-,18-/m0/s1. The number of nitrogens with one attached hydrogen (secondary N) is 1. The van der Waals surface area contributed by atoms with E-state index in [2.05, 4.69) is 5.32 Å². The second-order valence-electron chi connectivity index (χ2n) is 8.27. The zero-order chi connectivity index (χ0) is 20.8. The molecule has 29 heavy (non-hydrogen) atoms. The van der Waals surface area contributed by atoms with E-state index in [0.29, 0.717) is 38.1 Å². The number of amides is 2. The van der Waals surface area contributed by atoms with Crippen LogP contribution in [0.25, 0.3) is 0 Å². The lowest BCUT2D eigenvalue weighted by molar-refractivity contribution is -0.149. The van der Waals surface area contributed by atoms with Crippen molar-refractivity contribution in [1.82, 2.24) is 10.2 Å². The summed E-state index contributed by atoms with van der Waals surface area (Å²) in [7, 11) is 0. The number of carbonyl (C=O) groups is 3. The highest BCUT2D eigenvalue weighted by atomic mass is 32.1. The quantitative estimate of drug-likeness (QED) is 0.595. The first-order valence-corrected chi connectivity index (χ1v) is 11.5. The van der Waals surface area contributed by atoms with Gasteiger partial charge in [0.15, 0.2) is 0 Å². The minimum Gasteiger partial charge on any atom is -0.480 e. The number of rotatable bonds is 8. The number of nitrogens with zero attached hydrogens (tertiary/aromatic N) is 1. The largest absolute Gasteiger partial charge is 0.480 e. The van der Waals surface area contributed by atoms with Gasteiger partial charge in [0.25, 0.3) is 0 Å². The van der Waals surface area contributed by atoms with E-state index < -0.39 is 24.1 Å². The number of aliphatic carboxylic acids is 1. The SMILES string of the molecule is N[C@@H](Cc1ccsc1)C(=O)N[C@@H](CC1CCCCC1)C(=O)N1CCC[C@H]1C(=O)O.